The summed E-state index contributed by atoms with van der Waals surface area (Å²) in [6.07, 6.45) is 6.82. The molecule has 0 bridgehead atoms. The van der Waals surface area contributed by atoms with Crippen molar-refractivity contribution in [2.45, 2.75) is 78.7 Å². The van der Waals surface area contributed by atoms with Gasteiger partial charge in [-0.05, 0) is 62.6 Å². The number of nitrogens with zero attached hydrogens (tertiary/aromatic N) is 3. The molecule has 1 aromatic rings. The van der Waals surface area contributed by atoms with Gasteiger partial charge in [-0.2, -0.15) is 0 Å². The topological polar surface area (TPSA) is 88.5 Å². The van der Waals surface area contributed by atoms with Gasteiger partial charge >= 0.3 is 5.97 Å². The zero-order valence-electron chi connectivity index (χ0n) is 28.1. The van der Waals surface area contributed by atoms with Crippen LogP contribution >= 0.6 is 0 Å². The average Bonchev–Trinajstić information content (AvgIpc) is 3.50. The molecule has 1 amide bonds. The first-order valence-electron chi connectivity index (χ1n) is 15.8. The van der Waals surface area contributed by atoms with Crippen molar-refractivity contribution in [3.05, 3.63) is 29.3 Å². The van der Waals surface area contributed by atoms with Crippen molar-refractivity contribution in [2.75, 3.05) is 67.8 Å². The van der Waals surface area contributed by atoms with Crippen LogP contribution in [0.15, 0.2) is 23.8 Å². The molecule has 2 aliphatic rings. The molecular formula is C34H56N3O6+. The minimum absolute atomic E-state index is 0.0803. The molecule has 1 saturated heterocycles. The summed E-state index contributed by atoms with van der Waals surface area (Å²) in [5.74, 6) is -0.166. The number of methoxy groups -OCH3 is 1. The van der Waals surface area contributed by atoms with E-state index in [0.29, 0.717) is 30.2 Å². The van der Waals surface area contributed by atoms with E-state index in [1.54, 1.807) is 7.11 Å². The third-order valence-corrected chi connectivity index (χ3v) is 8.54. The van der Waals surface area contributed by atoms with Crippen LogP contribution in [0, 0.1) is 11.3 Å². The fraction of sp³-hybridized carbons (Fsp3) is 0.706. The van der Waals surface area contributed by atoms with E-state index in [1.165, 1.54) is 5.57 Å². The van der Waals surface area contributed by atoms with Crippen molar-refractivity contribution in [2.24, 2.45) is 11.3 Å². The predicted molar refractivity (Wildman–Crippen MR) is 170 cm³/mol. The van der Waals surface area contributed by atoms with Crippen molar-refractivity contribution in [1.82, 2.24) is 9.80 Å². The number of benzene rings is 1. The van der Waals surface area contributed by atoms with Gasteiger partial charge in [0.1, 0.15) is 0 Å². The second-order valence-corrected chi connectivity index (χ2v) is 14.3. The number of carboxylic acids is 1. The summed E-state index contributed by atoms with van der Waals surface area (Å²) in [5, 5.41) is 10.7. The molecule has 9 heteroatoms. The lowest BCUT2D eigenvalue weighted by atomic mass is 9.77. The van der Waals surface area contributed by atoms with Gasteiger partial charge in [-0.25, -0.2) is 0 Å². The van der Waals surface area contributed by atoms with Gasteiger partial charge in [-0.3, -0.25) is 14.5 Å². The Bertz CT molecular complexity index is 1140. The van der Waals surface area contributed by atoms with E-state index in [9.17, 15) is 14.7 Å². The largest absolute Gasteiger partial charge is 0.493 e. The number of amides is 1. The van der Waals surface area contributed by atoms with E-state index in [1.807, 2.05) is 17.0 Å². The first-order chi connectivity index (χ1) is 20.2. The molecule has 2 aliphatic heterocycles. The molecule has 0 saturated carbocycles. The quantitative estimate of drug-likeness (QED) is 0.154. The number of quaternary nitrogens is 1. The maximum absolute atomic E-state index is 13.9. The number of unbranched alkanes of at least 4 members (excludes halogenated alkanes) is 2. The predicted octanol–water partition coefficient (Wildman–Crippen LogP) is 5.39. The molecule has 1 aromatic carbocycles. The molecule has 3 rings (SSSR count). The van der Waals surface area contributed by atoms with Crippen LogP contribution < -0.4 is 14.2 Å². The Morgan fingerprint density at radius 3 is 2.44 bits per heavy atom. The molecule has 3 unspecified atom stereocenters. The number of fused-ring (bicyclic) bond motifs is 1. The monoisotopic (exact) mass is 602 g/mol. The standard InChI is InChI=1S/C34H55N3O6/c1-10-11-14-35(15-12-13-16-37(6,7)8)30(38)22-36-21-26(25-17-28(41-9)32-29(18-25)42-23-43-32)31(33(39)40)27(36)20-34(4,5)19-24(2)3/h17-19,26-27,31H,10-16,20-23H2,1-9H3/p+1. The van der Waals surface area contributed by atoms with Crippen molar-refractivity contribution >= 4 is 11.9 Å². The second kappa shape index (κ2) is 14.8. The van der Waals surface area contributed by atoms with Gasteiger partial charge in [0, 0.05) is 31.6 Å². The summed E-state index contributed by atoms with van der Waals surface area (Å²) < 4.78 is 17.8. The molecule has 0 aliphatic carbocycles. The highest BCUT2D eigenvalue weighted by Crippen LogP contribution is 2.48. The number of carboxylic acid groups (broad SMARTS) is 1. The fourth-order valence-electron chi connectivity index (χ4n) is 6.70. The van der Waals surface area contributed by atoms with Crippen LogP contribution in [0.1, 0.15) is 78.2 Å². The van der Waals surface area contributed by atoms with E-state index < -0.39 is 11.9 Å². The lowest BCUT2D eigenvalue weighted by molar-refractivity contribution is -0.870. The Morgan fingerprint density at radius 1 is 1.14 bits per heavy atom. The third kappa shape index (κ3) is 9.60. The molecule has 0 radical (unpaired) electrons. The van der Waals surface area contributed by atoms with Crippen LogP contribution in [0.2, 0.25) is 0 Å². The maximum Gasteiger partial charge on any atom is 0.308 e. The first-order valence-corrected chi connectivity index (χ1v) is 15.8. The van der Waals surface area contributed by atoms with Gasteiger partial charge in [0.05, 0.1) is 47.3 Å². The highest BCUT2D eigenvalue weighted by Gasteiger charge is 2.49. The number of aliphatic carboxylic acids is 1. The molecule has 43 heavy (non-hydrogen) atoms. The van der Waals surface area contributed by atoms with Gasteiger partial charge in [0.15, 0.2) is 11.5 Å². The average molecular weight is 603 g/mol. The molecule has 242 valence electrons. The molecule has 1 fully saturated rings. The van der Waals surface area contributed by atoms with Crippen molar-refractivity contribution in [1.29, 1.82) is 0 Å². The molecule has 9 nitrogen and oxygen atoms in total. The number of ether oxygens (including phenoxy) is 3. The van der Waals surface area contributed by atoms with Crippen LogP contribution in [0.4, 0.5) is 0 Å². The number of likely N-dealkylation sites (tertiary alicyclic amines) is 1. The van der Waals surface area contributed by atoms with Crippen LogP contribution in [0.5, 0.6) is 17.2 Å². The van der Waals surface area contributed by atoms with Gasteiger partial charge in [0.2, 0.25) is 18.4 Å². The van der Waals surface area contributed by atoms with Crippen molar-refractivity contribution in [3.8, 4) is 17.2 Å². The minimum Gasteiger partial charge on any atom is -0.493 e. The number of carbonyl (C=O) groups excluding carboxylic acids is 1. The Kier molecular flexibility index (Phi) is 11.9. The normalized spacial score (nSPS) is 20.3. The summed E-state index contributed by atoms with van der Waals surface area (Å²) in [6.45, 7) is 13.9. The van der Waals surface area contributed by atoms with Gasteiger partial charge in [0.25, 0.3) is 0 Å². The molecule has 0 spiro atoms. The van der Waals surface area contributed by atoms with E-state index in [-0.39, 0.29) is 36.6 Å². The number of rotatable bonds is 16. The Balaban J connectivity index is 1.93. The van der Waals surface area contributed by atoms with Gasteiger partial charge in [-0.1, -0.05) is 38.8 Å². The first kappa shape index (κ1) is 34.7. The fourth-order valence-corrected chi connectivity index (χ4v) is 6.70. The van der Waals surface area contributed by atoms with E-state index in [0.717, 1.165) is 55.4 Å². The van der Waals surface area contributed by atoms with Crippen LogP contribution in [0.3, 0.4) is 0 Å². The van der Waals surface area contributed by atoms with Crippen molar-refractivity contribution < 1.29 is 33.4 Å². The van der Waals surface area contributed by atoms with E-state index in [4.69, 9.17) is 14.2 Å². The highest BCUT2D eigenvalue weighted by molar-refractivity contribution is 5.79. The SMILES string of the molecule is CCCCN(CCCC[N+](C)(C)C)C(=O)CN1CC(c2cc(OC)c3c(c2)OCO3)C(C(=O)O)C1CC(C)(C)C=C(C)C. The summed E-state index contributed by atoms with van der Waals surface area (Å²) in [4.78, 5) is 31.1. The van der Waals surface area contributed by atoms with Crippen molar-refractivity contribution in [3.63, 3.8) is 0 Å². The Morgan fingerprint density at radius 2 is 1.84 bits per heavy atom. The van der Waals surface area contributed by atoms with Crippen LogP contribution in [-0.4, -0.2) is 105 Å². The van der Waals surface area contributed by atoms with Crippen LogP contribution in [-0.2, 0) is 9.59 Å². The summed E-state index contributed by atoms with van der Waals surface area (Å²) in [5.41, 5.74) is 1.78. The summed E-state index contributed by atoms with van der Waals surface area (Å²) in [7, 11) is 8.14. The molecule has 3 atom stereocenters. The van der Waals surface area contributed by atoms with E-state index >= 15 is 0 Å². The molecule has 1 N–H and O–H groups in total. The third-order valence-electron chi connectivity index (χ3n) is 8.54. The van der Waals surface area contributed by atoms with Gasteiger partial charge in [-0.15, -0.1) is 0 Å². The van der Waals surface area contributed by atoms with Gasteiger partial charge < -0.3 is 28.7 Å². The van der Waals surface area contributed by atoms with Crippen LogP contribution in [0.25, 0.3) is 0 Å². The summed E-state index contributed by atoms with van der Waals surface area (Å²) >= 11 is 0. The molecule has 2 heterocycles. The van der Waals surface area contributed by atoms with E-state index in [2.05, 4.69) is 66.7 Å². The zero-order valence-corrected chi connectivity index (χ0v) is 28.1. The zero-order chi connectivity index (χ0) is 31.9. The highest BCUT2D eigenvalue weighted by atomic mass is 16.7. The Hall–Kier alpha value is -2.78. The number of allylic oxidation sites excluding steroid dienone is 2. The lowest BCUT2D eigenvalue weighted by Crippen LogP contribution is -2.46. The summed E-state index contributed by atoms with van der Waals surface area (Å²) in [6, 6.07) is 3.44. The molecule has 0 aromatic heterocycles. The number of hydrogen-bond donors (Lipinski definition) is 1. The number of carbonyl (C=O) groups is 2. The Labute approximate surface area is 259 Å². The number of hydrogen-bond acceptors (Lipinski definition) is 6. The maximum atomic E-state index is 13.9. The smallest absolute Gasteiger partial charge is 0.308 e. The minimum atomic E-state index is -0.849. The molecular weight excluding hydrogens is 546 g/mol. The lowest BCUT2D eigenvalue weighted by Gasteiger charge is -2.34. The second-order valence-electron chi connectivity index (χ2n) is 14.3.